The SMILES string of the molecule is CC=C(CO)C1C(C(=O)OC(C)(C)C)C1(C)C. The lowest BCUT2D eigenvalue weighted by molar-refractivity contribution is -0.157. The van der Waals surface area contributed by atoms with Gasteiger partial charge in [0.1, 0.15) is 5.60 Å². The standard InChI is InChI=1S/C14H24O3/c1-7-9(8-15)10-11(14(10,5)6)12(16)17-13(2,3)4/h7,10-11,15H,8H2,1-6H3. The van der Waals surface area contributed by atoms with Crippen molar-refractivity contribution in [1.29, 1.82) is 0 Å². The largest absolute Gasteiger partial charge is 0.460 e. The van der Waals surface area contributed by atoms with Gasteiger partial charge in [0.2, 0.25) is 0 Å². The van der Waals surface area contributed by atoms with Crippen LogP contribution in [0.1, 0.15) is 41.5 Å². The number of ether oxygens (including phenoxy) is 1. The van der Waals surface area contributed by atoms with Crippen LogP contribution in [-0.2, 0) is 9.53 Å². The Morgan fingerprint density at radius 1 is 1.35 bits per heavy atom. The number of carbonyl (C=O) groups excluding carboxylic acids is 1. The molecule has 0 aliphatic heterocycles. The number of aliphatic hydroxyl groups excluding tert-OH is 1. The Bertz CT molecular complexity index is 334. The maximum Gasteiger partial charge on any atom is 0.310 e. The lowest BCUT2D eigenvalue weighted by atomic mass is 10.0. The van der Waals surface area contributed by atoms with E-state index in [1.807, 2.05) is 47.6 Å². The van der Waals surface area contributed by atoms with Crippen molar-refractivity contribution in [3.8, 4) is 0 Å². The Kier molecular flexibility index (Phi) is 3.72. The van der Waals surface area contributed by atoms with Gasteiger partial charge >= 0.3 is 5.97 Å². The van der Waals surface area contributed by atoms with Crippen LogP contribution in [0.5, 0.6) is 0 Å². The van der Waals surface area contributed by atoms with E-state index in [1.54, 1.807) is 0 Å². The predicted molar refractivity (Wildman–Crippen MR) is 67.4 cm³/mol. The molecule has 0 spiro atoms. The van der Waals surface area contributed by atoms with Gasteiger partial charge in [0.15, 0.2) is 0 Å². The first-order chi connectivity index (χ1) is 7.65. The van der Waals surface area contributed by atoms with Crippen LogP contribution in [0.15, 0.2) is 11.6 Å². The highest BCUT2D eigenvalue weighted by Crippen LogP contribution is 2.62. The second-order valence-corrected chi connectivity index (χ2v) is 6.33. The van der Waals surface area contributed by atoms with Crippen molar-refractivity contribution < 1.29 is 14.6 Å². The molecule has 0 aromatic rings. The summed E-state index contributed by atoms with van der Waals surface area (Å²) < 4.78 is 5.42. The van der Waals surface area contributed by atoms with Gasteiger partial charge in [0, 0.05) is 5.92 Å². The van der Waals surface area contributed by atoms with Crippen LogP contribution >= 0.6 is 0 Å². The minimum Gasteiger partial charge on any atom is -0.460 e. The molecule has 17 heavy (non-hydrogen) atoms. The number of allylic oxidation sites excluding steroid dienone is 1. The van der Waals surface area contributed by atoms with E-state index in [9.17, 15) is 9.90 Å². The van der Waals surface area contributed by atoms with Crippen LogP contribution in [-0.4, -0.2) is 23.3 Å². The molecule has 3 nitrogen and oxygen atoms in total. The molecule has 3 heteroatoms. The van der Waals surface area contributed by atoms with E-state index in [0.29, 0.717) is 0 Å². The minimum absolute atomic E-state index is 0.0178. The number of esters is 1. The van der Waals surface area contributed by atoms with Gasteiger partial charge in [0.05, 0.1) is 12.5 Å². The summed E-state index contributed by atoms with van der Waals surface area (Å²) in [6.45, 7) is 11.6. The Morgan fingerprint density at radius 3 is 2.24 bits per heavy atom. The zero-order valence-electron chi connectivity index (χ0n) is 11.7. The van der Waals surface area contributed by atoms with Crippen molar-refractivity contribution >= 4 is 5.97 Å². The molecule has 1 rings (SSSR count). The van der Waals surface area contributed by atoms with E-state index < -0.39 is 5.60 Å². The van der Waals surface area contributed by atoms with Crippen LogP contribution in [0.3, 0.4) is 0 Å². The second-order valence-electron chi connectivity index (χ2n) is 6.33. The Morgan fingerprint density at radius 2 is 1.88 bits per heavy atom. The molecular weight excluding hydrogens is 216 g/mol. The molecule has 0 amide bonds. The van der Waals surface area contributed by atoms with Crippen LogP contribution in [0.2, 0.25) is 0 Å². The summed E-state index contributed by atoms with van der Waals surface area (Å²) in [4.78, 5) is 12.1. The molecule has 2 atom stereocenters. The summed E-state index contributed by atoms with van der Waals surface area (Å²) in [5, 5.41) is 9.28. The van der Waals surface area contributed by atoms with Crippen molar-refractivity contribution in [2.75, 3.05) is 6.61 Å². The second kappa shape index (κ2) is 4.45. The molecule has 2 unspecified atom stereocenters. The van der Waals surface area contributed by atoms with E-state index in [-0.39, 0.29) is 29.8 Å². The van der Waals surface area contributed by atoms with Crippen molar-refractivity contribution in [2.24, 2.45) is 17.3 Å². The molecule has 1 fully saturated rings. The minimum atomic E-state index is -0.449. The summed E-state index contributed by atoms with van der Waals surface area (Å²) >= 11 is 0. The number of aliphatic hydroxyl groups is 1. The first-order valence-electron chi connectivity index (χ1n) is 6.14. The van der Waals surface area contributed by atoms with Gasteiger partial charge < -0.3 is 9.84 Å². The summed E-state index contributed by atoms with van der Waals surface area (Å²) in [7, 11) is 0. The van der Waals surface area contributed by atoms with Crippen molar-refractivity contribution in [3.05, 3.63) is 11.6 Å². The first kappa shape index (κ1) is 14.2. The monoisotopic (exact) mass is 240 g/mol. The highest BCUT2D eigenvalue weighted by Gasteiger charge is 2.63. The van der Waals surface area contributed by atoms with E-state index in [2.05, 4.69) is 0 Å². The quantitative estimate of drug-likeness (QED) is 0.609. The van der Waals surface area contributed by atoms with Gasteiger partial charge in [-0.1, -0.05) is 19.9 Å². The van der Waals surface area contributed by atoms with Gasteiger partial charge in [-0.2, -0.15) is 0 Å². The molecular formula is C14H24O3. The predicted octanol–water partition coefficient (Wildman–Crippen LogP) is 2.54. The maximum absolute atomic E-state index is 12.1. The summed E-state index contributed by atoms with van der Waals surface area (Å²) in [5.41, 5.74) is 0.383. The lowest BCUT2D eigenvalue weighted by Crippen LogP contribution is -2.26. The van der Waals surface area contributed by atoms with Crippen LogP contribution < -0.4 is 0 Å². The topological polar surface area (TPSA) is 46.5 Å². The molecule has 0 bridgehead atoms. The molecule has 1 saturated carbocycles. The van der Waals surface area contributed by atoms with Crippen molar-refractivity contribution in [3.63, 3.8) is 0 Å². The van der Waals surface area contributed by atoms with Gasteiger partial charge in [0.25, 0.3) is 0 Å². The normalized spacial score (nSPS) is 27.8. The van der Waals surface area contributed by atoms with Crippen LogP contribution in [0.4, 0.5) is 0 Å². The van der Waals surface area contributed by atoms with Gasteiger partial charge in [-0.15, -0.1) is 0 Å². The highest BCUT2D eigenvalue weighted by atomic mass is 16.6. The third-order valence-corrected chi connectivity index (χ3v) is 3.44. The zero-order valence-corrected chi connectivity index (χ0v) is 11.7. The van der Waals surface area contributed by atoms with Crippen molar-refractivity contribution in [2.45, 2.75) is 47.1 Å². The molecule has 1 N–H and O–H groups in total. The van der Waals surface area contributed by atoms with Gasteiger partial charge in [-0.25, -0.2) is 0 Å². The van der Waals surface area contributed by atoms with E-state index in [1.165, 1.54) is 0 Å². The first-order valence-corrected chi connectivity index (χ1v) is 6.14. The fraction of sp³-hybridized carbons (Fsp3) is 0.786. The molecule has 98 valence electrons. The van der Waals surface area contributed by atoms with Crippen LogP contribution in [0, 0.1) is 17.3 Å². The van der Waals surface area contributed by atoms with Gasteiger partial charge in [-0.05, 0) is 38.7 Å². The van der Waals surface area contributed by atoms with Crippen molar-refractivity contribution in [1.82, 2.24) is 0 Å². The number of rotatable bonds is 3. The summed E-state index contributed by atoms with van der Waals surface area (Å²) in [5.74, 6) is -0.160. The number of hydrogen-bond acceptors (Lipinski definition) is 3. The third-order valence-electron chi connectivity index (χ3n) is 3.44. The average molecular weight is 240 g/mol. The summed E-state index contributed by atoms with van der Waals surface area (Å²) in [6.07, 6.45) is 1.90. The fourth-order valence-corrected chi connectivity index (χ4v) is 2.50. The number of carbonyl (C=O) groups is 1. The Balaban J connectivity index is 2.78. The zero-order chi connectivity index (χ0) is 13.4. The molecule has 0 aromatic heterocycles. The average Bonchev–Trinajstić information content (AvgIpc) is 2.69. The van der Waals surface area contributed by atoms with Gasteiger partial charge in [-0.3, -0.25) is 4.79 Å². The Hall–Kier alpha value is -0.830. The fourth-order valence-electron chi connectivity index (χ4n) is 2.50. The van der Waals surface area contributed by atoms with Crippen LogP contribution in [0.25, 0.3) is 0 Å². The molecule has 0 saturated heterocycles. The van der Waals surface area contributed by atoms with E-state index in [0.717, 1.165) is 5.57 Å². The number of hydrogen-bond donors (Lipinski definition) is 1. The molecule has 1 aliphatic rings. The highest BCUT2D eigenvalue weighted by molar-refractivity contribution is 5.79. The maximum atomic E-state index is 12.1. The third kappa shape index (κ3) is 2.89. The molecule has 0 heterocycles. The lowest BCUT2D eigenvalue weighted by Gasteiger charge is -2.20. The Labute approximate surface area is 104 Å². The smallest absolute Gasteiger partial charge is 0.310 e. The molecule has 0 aromatic carbocycles. The van der Waals surface area contributed by atoms with E-state index in [4.69, 9.17) is 4.74 Å². The molecule has 0 radical (unpaired) electrons. The molecule has 1 aliphatic carbocycles. The van der Waals surface area contributed by atoms with E-state index >= 15 is 0 Å². The summed E-state index contributed by atoms with van der Waals surface area (Å²) in [6, 6.07) is 0.